The molecule has 0 radical (unpaired) electrons. The second-order valence-corrected chi connectivity index (χ2v) is 8.97. The van der Waals surface area contributed by atoms with Gasteiger partial charge in [-0.3, -0.25) is 9.59 Å². The lowest BCUT2D eigenvalue weighted by Gasteiger charge is -2.18. The second kappa shape index (κ2) is 9.28. The lowest BCUT2D eigenvalue weighted by molar-refractivity contribution is -0.120. The first-order valence-corrected chi connectivity index (χ1v) is 11.2. The van der Waals surface area contributed by atoms with Gasteiger partial charge in [0, 0.05) is 20.6 Å². The number of hydrogen-bond donors (Lipinski definition) is 1. The van der Waals surface area contributed by atoms with E-state index in [-0.39, 0.29) is 16.3 Å². The average molecular weight is 485 g/mol. The molecular weight excluding hydrogens is 467 g/mol. The fraction of sp³-hybridized carbons (Fsp3) is 0.0833. The minimum Gasteiger partial charge on any atom is -0.495 e. The van der Waals surface area contributed by atoms with Crippen molar-refractivity contribution in [1.82, 2.24) is 0 Å². The van der Waals surface area contributed by atoms with Crippen molar-refractivity contribution in [1.29, 1.82) is 0 Å². The third-order valence-corrected chi connectivity index (χ3v) is 6.36. The summed E-state index contributed by atoms with van der Waals surface area (Å²) < 4.78 is 5.38. The summed E-state index contributed by atoms with van der Waals surface area (Å²) in [7, 11) is 1.47. The van der Waals surface area contributed by atoms with E-state index >= 15 is 0 Å². The summed E-state index contributed by atoms with van der Waals surface area (Å²) in [5.41, 5.74) is 2.18. The molecule has 3 aromatic carbocycles. The third kappa shape index (κ3) is 4.48. The van der Waals surface area contributed by atoms with Crippen molar-refractivity contribution in [3.05, 3.63) is 92.9 Å². The number of carbonyl (C=O) groups is 2. The number of thioether (sulfide) groups is 1. The second-order valence-electron chi connectivity index (χ2n) is 7.01. The largest absolute Gasteiger partial charge is 0.495 e. The summed E-state index contributed by atoms with van der Waals surface area (Å²) in [6, 6.07) is 19.4. The third-order valence-electron chi connectivity index (χ3n) is 4.78. The van der Waals surface area contributed by atoms with E-state index < -0.39 is 11.8 Å². The molecule has 0 saturated carbocycles. The highest BCUT2D eigenvalue weighted by molar-refractivity contribution is 8.04. The van der Waals surface area contributed by atoms with Gasteiger partial charge in [-0.1, -0.05) is 52.7 Å². The van der Waals surface area contributed by atoms with Crippen LogP contribution in [0.3, 0.4) is 0 Å². The monoisotopic (exact) mass is 484 g/mol. The first-order valence-electron chi connectivity index (χ1n) is 9.61. The number of imide groups is 1. The maximum absolute atomic E-state index is 13.5. The molecule has 1 N–H and O–H groups in total. The Morgan fingerprint density at radius 1 is 0.875 bits per heavy atom. The summed E-state index contributed by atoms with van der Waals surface area (Å²) in [6.45, 7) is 1.98. The number of anilines is 2. The molecule has 0 atom stereocenters. The molecule has 8 heteroatoms. The van der Waals surface area contributed by atoms with Crippen molar-refractivity contribution in [3.63, 3.8) is 0 Å². The van der Waals surface area contributed by atoms with Gasteiger partial charge >= 0.3 is 0 Å². The zero-order valence-electron chi connectivity index (χ0n) is 17.2. The van der Waals surface area contributed by atoms with Gasteiger partial charge in [0.05, 0.1) is 12.8 Å². The van der Waals surface area contributed by atoms with E-state index in [1.807, 2.05) is 31.2 Å². The first kappa shape index (κ1) is 22.3. The van der Waals surface area contributed by atoms with Gasteiger partial charge in [0.2, 0.25) is 0 Å². The number of benzene rings is 3. The van der Waals surface area contributed by atoms with Crippen LogP contribution in [0.1, 0.15) is 5.56 Å². The number of ether oxygens (including phenoxy) is 1. The quantitative estimate of drug-likeness (QED) is 0.416. The predicted molar refractivity (Wildman–Crippen MR) is 130 cm³/mol. The van der Waals surface area contributed by atoms with Gasteiger partial charge < -0.3 is 10.1 Å². The fourth-order valence-corrected chi connectivity index (χ4v) is 4.39. The lowest BCUT2D eigenvalue weighted by Crippen LogP contribution is -2.32. The van der Waals surface area contributed by atoms with Gasteiger partial charge in [-0.2, -0.15) is 0 Å². The van der Waals surface area contributed by atoms with Crippen molar-refractivity contribution in [3.8, 4) is 5.75 Å². The Hall–Kier alpha value is -2.93. The molecule has 0 aromatic heterocycles. The molecule has 162 valence electrons. The SMILES string of the molecule is COc1ccc(Cl)cc1N1C(=O)C(Nc2ccc(Cl)cc2)=C(Sc2ccc(C)cc2)C1=O. The summed E-state index contributed by atoms with van der Waals surface area (Å²) in [4.78, 5) is 29.1. The van der Waals surface area contributed by atoms with E-state index in [1.165, 1.54) is 24.9 Å². The van der Waals surface area contributed by atoms with Gasteiger partial charge in [0.25, 0.3) is 11.8 Å². The molecule has 0 fully saturated rings. The Balaban J connectivity index is 1.78. The van der Waals surface area contributed by atoms with Crippen molar-refractivity contribution >= 4 is 58.2 Å². The Labute approximate surface area is 200 Å². The minimum atomic E-state index is -0.500. The molecule has 3 aromatic rings. The molecule has 4 rings (SSSR count). The molecule has 1 aliphatic rings. The normalized spacial score (nSPS) is 13.7. The van der Waals surface area contributed by atoms with Crippen LogP contribution in [0.2, 0.25) is 10.0 Å². The maximum atomic E-state index is 13.5. The Morgan fingerprint density at radius 2 is 1.53 bits per heavy atom. The van der Waals surface area contributed by atoms with E-state index in [0.717, 1.165) is 15.4 Å². The Bertz CT molecular complexity index is 1160. The molecule has 1 aliphatic heterocycles. The van der Waals surface area contributed by atoms with Crippen LogP contribution in [-0.2, 0) is 9.59 Å². The number of nitrogens with zero attached hydrogens (tertiary/aromatic N) is 1. The first-order chi connectivity index (χ1) is 15.4. The van der Waals surface area contributed by atoms with Crippen LogP contribution in [0.25, 0.3) is 0 Å². The summed E-state index contributed by atoms with van der Waals surface area (Å²) in [5, 5.41) is 4.05. The van der Waals surface area contributed by atoms with Crippen molar-refractivity contribution in [2.75, 3.05) is 17.3 Å². The number of halogens is 2. The maximum Gasteiger partial charge on any atom is 0.283 e. The average Bonchev–Trinajstić information content (AvgIpc) is 3.00. The lowest BCUT2D eigenvalue weighted by atomic mass is 10.2. The molecule has 0 saturated heterocycles. The number of aryl methyl sites for hydroxylation is 1. The zero-order valence-corrected chi connectivity index (χ0v) is 19.5. The van der Waals surface area contributed by atoms with Crippen LogP contribution < -0.4 is 15.0 Å². The van der Waals surface area contributed by atoms with Crippen LogP contribution in [0, 0.1) is 6.92 Å². The topological polar surface area (TPSA) is 58.6 Å². The van der Waals surface area contributed by atoms with E-state index in [9.17, 15) is 9.59 Å². The molecule has 0 unspecified atom stereocenters. The summed E-state index contributed by atoms with van der Waals surface area (Å²) >= 11 is 13.4. The number of hydrogen-bond acceptors (Lipinski definition) is 5. The number of amides is 2. The van der Waals surface area contributed by atoms with Gasteiger partial charge in [-0.15, -0.1) is 0 Å². The van der Waals surface area contributed by atoms with E-state index in [0.29, 0.717) is 21.5 Å². The van der Waals surface area contributed by atoms with Crippen molar-refractivity contribution < 1.29 is 14.3 Å². The van der Waals surface area contributed by atoms with Crippen molar-refractivity contribution in [2.24, 2.45) is 0 Å². The molecule has 2 amide bonds. The zero-order chi connectivity index (χ0) is 22.8. The number of methoxy groups -OCH3 is 1. The minimum absolute atomic E-state index is 0.171. The highest BCUT2D eigenvalue weighted by Crippen LogP contribution is 2.41. The van der Waals surface area contributed by atoms with E-state index in [1.54, 1.807) is 36.4 Å². The number of rotatable bonds is 6. The molecule has 0 spiro atoms. The molecule has 1 heterocycles. The molecule has 32 heavy (non-hydrogen) atoms. The molecule has 0 bridgehead atoms. The smallest absolute Gasteiger partial charge is 0.283 e. The van der Waals surface area contributed by atoms with Gasteiger partial charge in [0.15, 0.2) is 0 Å². The molecule has 5 nitrogen and oxygen atoms in total. The van der Waals surface area contributed by atoms with E-state index in [4.69, 9.17) is 27.9 Å². The predicted octanol–water partition coefficient (Wildman–Crippen LogP) is 6.30. The Morgan fingerprint density at radius 3 is 2.19 bits per heavy atom. The van der Waals surface area contributed by atoms with Crippen LogP contribution in [-0.4, -0.2) is 18.9 Å². The standard InChI is InChI=1S/C24H18Cl2N2O3S/c1-14-3-10-18(11-4-14)32-22-21(27-17-8-5-15(25)6-9-17)23(29)28(24(22)30)19-13-16(26)7-12-20(19)31-2/h3-13,27H,1-2H3. The molecular formula is C24H18Cl2N2O3S. The van der Waals surface area contributed by atoms with Gasteiger partial charge in [0.1, 0.15) is 16.4 Å². The van der Waals surface area contributed by atoms with Crippen LogP contribution in [0.4, 0.5) is 11.4 Å². The van der Waals surface area contributed by atoms with Crippen LogP contribution >= 0.6 is 35.0 Å². The van der Waals surface area contributed by atoms with Crippen LogP contribution in [0.15, 0.2) is 82.2 Å². The Kier molecular flexibility index (Phi) is 6.46. The highest BCUT2D eigenvalue weighted by Gasteiger charge is 2.41. The highest BCUT2D eigenvalue weighted by atomic mass is 35.5. The van der Waals surface area contributed by atoms with Crippen LogP contribution in [0.5, 0.6) is 5.75 Å². The van der Waals surface area contributed by atoms with Crippen molar-refractivity contribution in [2.45, 2.75) is 11.8 Å². The number of nitrogens with one attached hydrogen (secondary N) is 1. The van der Waals surface area contributed by atoms with Gasteiger partial charge in [-0.05, 0) is 61.5 Å². The molecule has 0 aliphatic carbocycles. The number of carbonyl (C=O) groups excluding carboxylic acids is 2. The summed E-state index contributed by atoms with van der Waals surface area (Å²) in [5.74, 6) is -0.596. The summed E-state index contributed by atoms with van der Waals surface area (Å²) in [6.07, 6.45) is 0. The van der Waals surface area contributed by atoms with E-state index in [2.05, 4.69) is 5.32 Å². The fourth-order valence-electron chi connectivity index (χ4n) is 3.17. The van der Waals surface area contributed by atoms with Gasteiger partial charge in [-0.25, -0.2) is 4.90 Å².